The molecule has 0 saturated carbocycles. The second-order valence-corrected chi connectivity index (χ2v) is 8.43. The molecule has 1 atom stereocenters. The Kier molecular flexibility index (Phi) is 4.89. The Morgan fingerprint density at radius 1 is 1.24 bits per heavy atom. The van der Waals surface area contributed by atoms with Gasteiger partial charge in [-0.1, -0.05) is 24.3 Å². The van der Waals surface area contributed by atoms with Gasteiger partial charge in [-0.05, 0) is 42.7 Å². The number of sulfonamides is 1. The minimum Gasteiger partial charge on any atom is -0.215 e. The number of nitrogens with zero attached hydrogens (tertiary/aromatic N) is 2. The zero-order valence-corrected chi connectivity index (χ0v) is 14.4. The minimum absolute atomic E-state index is 0.0347. The Balaban J connectivity index is 1.50. The first-order valence-electron chi connectivity index (χ1n) is 8.28. The van der Waals surface area contributed by atoms with Crippen LogP contribution in [0.4, 0.5) is 13.2 Å². The van der Waals surface area contributed by atoms with Gasteiger partial charge in [-0.15, -0.1) is 10.2 Å². The van der Waals surface area contributed by atoms with Crippen molar-refractivity contribution in [3.8, 4) is 0 Å². The minimum atomic E-state index is -4.50. The molecular formula is C16H20F3N3O2S. The number of alkyl halides is 3. The zero-order valence-electron chi connectivity index (χ0n) is 13.6. The van der Waals surface area contributed by atoms with Crippen LogP contribution in [0.5, 0.6) is 0 Å². The van der Waals surface area contributed by atoms with Gasteiger partial charge in [0.2, 0.25) is 10.0 Å². The van der Waals surface area contributed by atoms with Gasteiger partial charge in [0.15, 0.2) is 0 Å². The molecule has 1 heterocycles. The van der Waals surface area contributed by atoms with Gasteiger partial charge in [0.05, 0.1) is 5.75 Å². The highest BCUT2D eigenvalue weighted by Gasteiger charge is 2.63. The molecule has 1 aromatic rings. The number of aryl methyl sites for hydroxylation is 1. The third kappa shape index (κ3) is 4.20. The molecule has 0 saturated heterocycles. The lowest BCUT2D eigenvalue weighted by Gasteiger charge is -2.25. The molecule has 9 heteroatoms. The topological polar surface area (TPSA) is 70.9 Å². The molecule has 1 aliphatic heterocycles. The van der Waals surface area contributed by atoms with Gasteiger partial charge in [-0.2, -0.15) is 13.2 Å². The average molecular weight is 375 g/mol. The molecule has 0 spiro atoms. The molecule has 138 valence electrons. The standard InChI is InChI=1S/C16H20F3N3O2S/c17-16(18,19)15(21-22-15)9-4-10-20-25(23,24)11-13-7-3-6-12-5-1-2-8-14(12)13/h1-2,5,8,13,20H,3-4,6-7,9-11H2. The van der Waals surface area contributed by atoms with Crippen LogP contribution in [0.1, 0.15) is 42.7 Å². The number of hydrogen-bond acceptors (Lipinski definition) is 4. The first-order chi connectivity index (χ1) is 11.7. The largest absolute Gasteiger partial charge is 0.437 e. The van der Waals surface area contributed by atoms with Gasteiger partial charge in [0, 0.05) is 13.0 Å². The maximum absolute atomic E-state index is 12.7. The number of halogens is 3. The lowest BCUT2D eigenvalue weighted by atomic mass is 9.84. The fourth-order valence-corrected chi connectivity index (χ4v) is 4.78. The Bertz CT molecular complexity index is 756. The van der Waals surface area contributed by atoms with Crippen molar-refractivity contribution in [2.24, 2.45) is 10.2 Å². The maximum Gasteiger partial charge on any atom is 0.437 e. The van der Waals surface area contributed by atoms with Gasteiger partial charge in [0.25, 0.3) is 5.66 Å². The zero-order chi connectivity index (χ0) is 18.1. The summed E-state index contributed by atoms with van der Waals surface area (Å²) < 4.78 is 65.0. The van der Waals surface area contributed by atoms with E-state index in [0.29, 0.717) is 0 Å². The summed E-state index contributed by atoms with van der Waals surface area (Å²) in [6.45, 7) is -0.0421. The average Bonchev–Trinajstić information content (AvgIpc) is 3.33. The predicted octanol–water partition coefficient (Wildman–Crippen LogP) is 3.53. The Morgan fingerprint density at radius 3 is 2.64 bits per heavy atom. The monoisotopic (exact) mass is 375 g/mol. The van der Waals surface area contributed by atoms with Crippen LogP contribution in [0.2, 0.25) is 0 Å². The summed E-state index contributed by atoms with van der Waals surface area (Å²) in [5, 5.41) is 6.16. The molecule has 2 aliphatic rings. The summed E-state index contributed by atoms with van der Waals surface area (Å²) in [4.78, 5) is 0. The van der Waals surface area contributed by atoms with E-state index in [9.17, 15) is 21.6 Å². The van der Waals surface area contributed by atoms with Crippen molar-refractivity contribution in [3.63, 3.8) is 0 Å². The molecule has 0 bridgehead atoms. The van der Waals surface area contributed by atoms with E-state index in [1.54, 1.807) is 0 Å². The predicted molar refractivity (Wildman–Crippen MR) is 86.8 cm³/mol. The molecule has 1 N–H and O–H groups in total. The highest BCUT2D eigenvalue weighted by Crippen LogP contribution is 2.47. The second kappa shape index (κ2) is 6.68. The van der Waals surface area contributed by atoms with Crippen LogP contribution in [-0.2, 0) is 16.4 Å². The van der Waals surface area contributed by atoms with Crippen molar-refractivity contribution in [3.05, 3.63) is 35.4 Å². The molecule has 1 unspecified atom stereocenters. The van der Waals surface area contributed by atoms with Crippen LogP contribution in [0, 0.1) is 0 Å². The van der Waals surface area contributed by atoms with Crippen molar-refractivity contribution in [2.75, 3.05) is 12.3 Å². The Hall–Kier alpha value is -1.48. The van der Waals surface area contributed by atoms with Crippen molar-refractivity contribution in [1.82, 2.24) is 4.72 Å². The fraction of sp³-hybridized carbons (Fsp3) is 0.625. The van der Waals surface area contributed by atoms with Crippen LogP contribution in [0.3, 0.4) is 0 Å². The molecule has 0 radical (unpaired) electrons. The van der Waals surface area contributed by atoms with Crippen LogP contribution < -0.4 is 4.72 Å². The summed E-state index contributed by atoms with van der Waals surface area (Å²) in [5.74, 6) is -0.110. The molecule has 0 fully saturated rings. The van der Waals surface area contributed by atoms with Crippen LogP contribution in [0.25, 0.3) is 0 Å². The normalized spacial score (nSPS) is 21.8. The van der Waals surface area contributed by atoms with Gasteiger partial charge >= 0.3 is 6.18 Å². The molecule has 1 aliphatic carbocycles. The van der Waals surface area contributed by atoms with Crippen LogP contribution in [-0.4, -0.2) is 32.6 Å². The molecule has 5 nitrogen and oxygen atoms in total. The van der Waals surface area contributed by atoms with Crippen molar-refractivity contribution in [2.45, 2.75) is 49.9 Å². The quantitative estimate of drug-likeness (QED) is 0.741. The fourth-order valence-electron chi connectivity index (χ4n) is 3.33. The van der Waals surface area contributed by atoms with Crippen LogP contribution in [0.15, 0.2) is 34.5 Å². The highest BCUT2D eigenvalue weighted by molar-refractivity contribution is 7.89. The van der Waals surface area contributed by atoms with E-state index >= 15 is 0 Å². The molecule has 0 aromatic heterocycles. The number of hydrogen-bond donors (Lipinski definition) is 1. The van der Waals surface area contributed by atoms with Gasteiger partial charge in [-0.25, -0.2) is 13.1 Å². The number of benzene rings is 1. The Labute approximate surface area is 144 Å². The lowest BCUT2D eigenvalue weighted by Crippen LogP contribution is -2.35. The van der Waals surface area contributed by atoms with Gasteiger partial charge < -0.3 is 0 Å². The molecule has 1 aromatic carbocycles. The maximum atomic E-state index is 12.7. The lowest BCUT2D eigenvalue weighted by molar-refractivity contribution is -0.165. The second-order valence-electron chi connectivity index (χ2n) is 6.58. The SMILES string of the molecule is O=S(=O)(CC1CCCc2ccccc21)NCCCC1(C(F)(F)F)N=N1. The van der Waals surface area contributed by atoms with Gasteiger partial charge in [0.1, 0.15) is 0 Å². The first kappa shape index (κ1) is 18.3. The van der Waals surface area contributed by atoms with E-state index in [0.717, 1.165) is 24.8 Å². The van der Waals surface area contributed by atoms with E-state index in [4.69, 9.17) is 0 Å². The number of nitrogens with one attached hydrogen (secondary N) is 1. The molecule has 3 rings (SSSR count). The van der Waals surface area contributed by atoms with E-state index < -0.39 is 21.9 Å². The summed E-state index contributed by atoms with van der Waals surface area (Å²) in [6, 6.07) is 7.81. The van der Waals surface area contributed by atoms with Crippen molar-refractivity contribution in [1.29, 1.82) is 0 Å². The van der Waals surface area contributed by atoms with E-state index in [-0.39, 0.29) is 31.1 Å². The van der Waals surface area contributed by atoms with Gasteiger partial charge in [-0.3, -0.25) is 0 Å². The third-order valence-corrected chi connectivity index (χ3v) is 6.22. The molecular weight excluding hydrogens is 355 g/mol. The van der Waals surface area contributed by atoms with E-state index in [1.807, 2.05) is 24.3 Å². The molecule has 25 heavy (non-hydrogen) atoms. The number of rotatable bonds is 7. The third-order valence-electron chi connectivity index (χ3n) is 4.73. The summed E-state index contributed by atoms with van der Waals surface area (Å²) in [5.41, 5.74) is -0.0652. The smallest absolute Gasteiger partial charge is 0.215 e. The van der Waals surface area contributed by atoms with E-state index in [1.165, 1.54) is 5.56 Å². The first-order valence-corrected chi connectivity index (χ1v) is 9.94. The van der Waals surface area contributed by atoms with E-state index in [2.05, 4.69) is 15.0 Å². The highest BCUT2D eigenvalue weighted by atomic mass is 32.2. The summed E-state index contributed by atoms with van der Waals surface area (Å²) >= 11 is 0. The molecule has 0 amide bonds. The summed E-state index contributed by atoms with van der Waals surface area (Å²) in [6.07, 6.45) is -2.11. The summed E-state index contributed by atoms with van der Waals surface area (Å²) in [7, 11) is -3.55. The van der Waals surface area contributed by atoms with Crippen molar-refractivity contribution >= 4 is 10.0 Å². The Morgan fingerprint density at radius 2 is 1.96 bits per heavy atom. The number of fused-ring (bicyclic) bond motifs is 1. The van der Waals surface area contributed by atoms with Crippen LogP contribution >= 0.6 is 0 Å². The van der Waals surface area contributed by atoms with Crippen molar-refractivity contribution < 1.29 is 21.6 Å².